The van der Waals surface area contributed by atoms with Gasteiger partial charge in [-0.2, -0.15) is 0 Å². The summed E-state index contributed by atoms with van der Waals surface area (Å²) in [6.07, 6.45) is 4.98. The van der Waals surface area contributed by atoms with Crippen LogP contribution in [0.5, 0.6) is 0 Å². The Morgan fingerprint density at radius 1 is 1.50 bits per heavy atom. The van der Waals surface area contributed by atoms with Gasteiger partial charge in [0.05, 0.1) is 0 Å². The van der Waals surface area contributed by atoms with Crippen LogP contribution in [0.15, 0.2) is 6.07 Å². The minimum atomic E-state index is 0.0268. The number of thiophene rings is 1. The van der Waals surface area contributed by atoms with Crippen LogP contribution in [0.2, 0.25) is 0 Å². The van der Waals surface area contributed by atoms with E-state index >= 15 is 0 Å². The van der Waals surface area contributed by atoms with Gasteiger partial charge in [-0.1, -0.05) is 19.8 Å². The standard InChI is InChI=1S/C15H26N2S/c1-11-5-4-6-15(16,8-11)10-17-9-14-7-12(2)13(3)18-14/h7,11,17H,4-6,8-10,16H2,1-3H3. The Balaban J connectivity index is 1.81. The summed E-state index contributed by atoms with van der Waals surface area (Å²) < 4.78 is 0. The summed E-state index contributed by atoms with van der Waals surface area (Å²) >= 11 is 1.90. The van der Waals surface area contributed by atoms with Gasteiger partial charge in [0, 0.05) is 28.4 Å². The summed E-state index contributed by atoms with van der Waals surface area (Å²) in [5, 5.41) is 3.56. The van der Waals surface area contributed by atoms with Crippen molar-refractivity contribution >= 4 is 11.3 Å². The van der Waals surface area contributed by atoms with Crippen LogP contribution in [-0.4, -0.2) is 12.1 Å². The summed E-state index contributed by atoms with van der Waals surface area (Å²) in [5.41, 5.74) is 7.92. The van der Waals surface area contributed by atoms with E-state index in [-0.39, 0.29) is 5.54 Å². The van der Waals surface area contributed by atoms with Crippen LogP contribution in [0.4, 0.5) is 0 Å². The molecule has 1 saturated carbocycles. The monoisotopic (exact) mass is 266 g/mol. The summed E-state index contributed by atoms with van der Waals surface area (Å²) in [6, 6.07) is 2.29. The highest BCUT2D eigenvalue weighted by molar-refractivity contribution is 7.12. The molecule has 0 aliphatic heterocycles. The highest BCUT2D eigenvalue weighted by Crippen LogP contribution is 2.30. The van der Waals surface area contributed by atoms with Crippen LogP contribution >= 0.6 is 11.3 Å². The summed E-state index contributed by atoms with van der Waals surface area (Å²) in [7, 11) is 0. The van der Waals surface area contributed by atoms with E-state index in [9.17, 15) is 0 Å². The predicted molar refractivity (Wildman–Crippen MR) is 80.1 cm³/mol. The van der Waals surface area contributed by atoms with Crippen molar-refractivity contribution in [3.05, 3.63) is 21.4 Å². The molecule has 2 rings (SSSR count). The molecular formula is C15H26N2S. The molecular weight excluding hydrogens is 240 g/mol. The molecule has 1 heterocycles. The zero-order valence-electron chi connectivity index (χ0n) is 11.9. The van der Waals surface area contributed by atoms with Gasteiger partial charge in [-0.3, -0.25) is 0 Å². The van der Waals surface area contributed by atoms with Crippen LogP contribution in [0.3, 0.4) is 0 Å². The second-order valence-electron chi connectivity index (χ2n) is 6.12. The van der Waals surface area contributed by atoms with Gasteiger partial charge in [0.2, 0.25) is 0 Å². The first-order valence-electron chi connectivity index (χ1n) is 7.04. The van der Waals surface area contributed by atoms with Gasteiger partial charge in [0.25, 0.3) is 0 Å². The van der Waals surface area contributed by atoms with Crippen molar-refractivity contribution < 1.29 is 0 Å². The minimum Gasteiger partial charge on any atom is -0.324 e. The Morgan fingerprint density at radius 2 is 2.28 bits per heavy atom. The van der Waals surface area contributed by atoms with Crippen LogP contribution in [0, 0.1) is 19.8 Å². The highest BCUT2D eigenvalue weighted by atomic mass is 32.1. The number of hydrogen-bond donors (Lipinski definition) is 2. The molecule has 2 nitrogen and oxygen atoms in total. The van der Waals surface area contributed by atoms with Crippen LogP contribution in [0.1, 0.15) is 47.9 Å². The molecule has 1 fully saturated rings. The summed E-state index contributed by atoms with van der Waals surface area (Å²) in [5.74, 6) is 0.789. The average Bonchev–Trinajstić information content (AvgIpc) is 2.57. The topological polar surface area (TPSA) is 38.0 Å². The second kappa shape index (κ2) is 5.72. The number of nitrogens with one attached hydrogen (secondary N) is 1. The lowest BCUT2D eigenvalue weighted by molar-refractivity contribution is 0.229. The largest absolute Gasteiger partial charge is 0.324 e. The molecule has 0 bridgehead atoms. The first-order valence-corrected chi connectivity index (χ1v) is 7.86. The average molecular weight is 266 g/mol. The predicted octanol–water partition coefficient (Wildman–Crippen LogP) is 3.36. The van der Waals surface area contributed by atoms with Gasteiger partial charge >= 0.3 is 0 Å². The number of rotatable bonds is 4. The van der Waals surface area contributed by atoms with Crippen LogP contribution in [0.25, 0.3) is 0 Å². The molecule has 1 aromatic heterocycles. The Bertz CT molecular complexity index is 380. The van der Waals surface area contributed by atoms with E-state index in [4.69, 9.17) is 5.73 Å². The van der Waals surface area contributed by atoms with E-state index in [2.05, 4.69) is 32.2 Å². The molecule has 3 N–H and O–H groups in total. The van der Waals surface area contributed by atoms with Gasteiger partial charge in [-0.05, 0) is 44.2 Å². The Hall–Kier alpha value is -0.380. The normalized spacial score (nSPS) is 28.6. The van der Waals surface area contributed by atoms with E-state index in [1.165, 1.54) is 41.0 Å². The van der Waals surface area contributed by atoms with Gasteiger partial charge in [0.1, 0.15) is 0 Å². The molecule has 0 aromatic carbocycles. The van der Waals surface area contributed by atoms with Gasteiger partial charge in [0.15, 0.2) is 0 Å². The third-order valence-corrected chi connectivity index (χ3v) is 5.27. The Morgan fingerprint density at radius 3 is 2.89 bits per heavy atom. The molecule has 0 saturated heterocycles. The molecule has 3 heteroatoms. The van der Waals surface area contributed by atoms with Crippen molar-refractivity contribution in [1.82, 2.24) is 5.32 Å². The highest BCUT2D eigenvalue weighted by Gasteiger charge is 2.30. The fourth-order valence-electron chi connectivity index (χ4n) is 3.03. The zero-order chi connectivity index (χ0) is 13.2. The molecule has 2 unspecified atom stereocenters. The van der Waals surface area contributed by atoms with Gasteiger partial charge in [-0.25, -0.2) is 0 Å². The maximum Gasteiger partial charge on any atom is 0.0300 e. The maximum atomic E-state index is 6.49. The van der Waals surface area contributed by atoms with E-state index in [0.29, 0.717) is 0 Å². The van der Waals surface area contributed by atoms with Crippen LogP contribution in [-0.2, 0) is 6.54 Å². The molecule has 1 aliphatic rings. The third kappa shape index (κ3) is 3.56. The van der Waals surface area contributed by atoms with Crippen molar-refractivity contribution in [2.24, 2.45) is 11.7 Å². The van der Waals surface area contributed by atoms with Gasteiger partial charge in [-0.15, -0.1) is 11.3 Å². The van der Waals surface area contributed by atoms with E-state index in [0.717, 1.165) is 19.0 Å². The van der Waals surface area contributed by atoms with Crippen molar-refractivity contribution in [2.45, 2.75) is 58.5 Å². The Labute approximate surface area is 115 Å². The van der Waals surface area contributed by atoms with Crippen molar-refractivity contribution in [3.63, 3.8) is 0 Å². The van der Waals surface area contributed by atoms with E-state index < -0.39 is 0 Å². The van der Waals surface area contributed by atoms with Crippen molar-refractivity contribution in [2.75, 3.05) is 6.54 Å². The van der Waals surface area contributed by atoms with Crippen LogP contribution < -0.4 is 11.1 Å². The smallest absolute Gasteiger partial charge is 0.0300 e. The molecule has 0 spiro atoms. The zero-order valence-corrected chi connectivity index (χ0v) is 12.7. The molecule has 2 atom stereocenters. The fourth-order valence-corrected chi connectivity index (χ4v) is 4.06. The van der Waals surface area contributed by atoms with E-state index in [1.54, 1.807) is 0 Å². The van der Waals surface area contributed by atoms with Crippen molar-refractivity contribution in [1.29, 1.82) is 0 Å². The van der Waals surface area contributed by atoms with Crippen molar-refractivity contribution in [3.8, 4) is 0 Å². The quantitative estimate of drug-likeness (QED) is 0.877. The maximum absolute atomic E-state index is 6.49. The lowest BCUT2D eigenvalue weighted by atomic mass is 9.77. The molecule has 1 aromatic rings. The lowest BCUT2D eigenvalue weighted by Crippen LogP contribution is -2.51. The molecule has 102 valence electrons. The van der Waals surface area contributed by atoms with Gasteiger partial charge < -0.3 is 11.1 Å². The molecule has 0 radical (unpaired) electrons. The lowest BCUT2D eigenvalue weighted by Gasteiger charge is -2.37. The number of aryl methyl sites for hydroxylation is 2. The molecule has 1 aliphatic carbocycles. The molecule has 0 amide bonds. The first-order chi connectivity index (χ1) is 8.48. The number of hydrogen-bond acceptors (Lipinski definition) is 3. The molecule has 18 heavy (non-hydrogen) atoms. The second-order valence-corrected chi connectivity index (χ2v) is 7.46. The first kappa shape index (κ1) is 14.0. The summed E-state index contributed by atoms with van der Waals surface area (Å²) in [6.45, 7) is 8.62. The van der Waals surface area contributed by atoms with E-state index in [1.807, 2.05) is 11.3 Å². The summed E-state index contributed by atoms with van der Waals surface area (Å²) in [4.78, 5) is 2.86. The fraction of sp³-hybridized carbons (Fsp3) is 0.733. The minimum absolute atomic E-state index is 0.0268. The third-order valence-electron chi connectivity index (χ3n) is 4.12. The Kier molecular flexibility index (Phi) is 4.46. The number of nitrogens with two attached hydrogens (primary N) is 1. The SMILES string of the molecule is Cc1cc(CNCC2(N)CCCC(C)C2)sc1C.